The lowest BCUT2D eigenvalue weighted by molar-refractivity contribution is -0.127. The van der Waals surface area contributed by atoms with Crippen LogP contribution in [0.3, 0.4) is 0 Å². The number of benzene rings is 2. The monoisotopic (exact) mass is 505 g/mol. The molecule has 0 radical (unpaired) electrons. The van der Waals surface area contributed by atoms with Crippen LogP contribution in [0.5, 0.6) is 5.75 Å². The van der Waals surface area contributed by atoms with Gasteiger partial charge in [0.15, 0.2) is 5.17 Å². The Morgan fingerprint density at radius 2 is 1.86 bits per heavy atom. The average Bonchev–Trinajstić information content (AvgIpc) is 3.45. The number of ether oxygens (including phenoxy) is 1. The molecule has 0 N–H and O–H groups in total. The number of carbonyl (C=O) groups excluding carboxylic acids is 2. The number of aryl methyl sites for hydroxylation is 2. The molecule has 0 fully saturated rings. The fourth-order valence-corrected chi connectivity index (χ4v) is 5.43. The molecule has 2 amide bonds. The Labute approximate surface area is 213 Å². The van der Waals surface area contributed by atoms with Gasteiger partial charge in [-0.2, -0.15) is 0 Å². The molecule has 2 aromatic carbocycles. The highest BCUT2D eigenvalue weighted by molar-refractivity contribution is 8.14. The van der Waals surface area contributed by atoms with Gasteiger partial charge in [0.25, 0.3) is 5.91 Å². The number of hydrogen-bond donors (Lipinski definition) is 0. The Morgan fingerprint density at radius 1 is 1.14 bits per heavy atom. The Morgan fingerprint density at radius 3 is 2.49 bits per heavy atom. The Kier molecular flexibility index (Phi) is 7.73. The zero-order chi connectivity index (χ0) is 24.9. The molecule has 0 saturated carbocycles. The smallest absolute Gasteiger partial charge is 0.283 e. The van der Waals surface area contributed by atoms with Gasteiger partial charge < -0.3 is 9.64 Å². The van der Waals surface area contributed by atoms with Gasteiger partial charge in [-0.25, -0.2) is 4.99 Å². The second-order valence-corrected chi connectivity index (χ2v) is 10.3. The molecular weight excluding hydrogens is 478 g/mol. The Hall–Kier alpha value is -3.36. The van der Waals surface area contributed by atoms with Crippen LogP contribution in [0.1, 0.15) is 21.6 Å². The van der Waals surface area contributed by atoms with Crippen molar-refractivity contribution >= 4 is 51.8 Å². The summed E-state index contributed by atoms with van der Waals surface area (Å²) >= 11 is 2.90. The van der Waals surface area contributed by atoms with E-state index in [1.54, 1.807) is 41.4 Å². The van der Waals surface area contributed by atoms with Crippen LogP contribution in [0.4, 0.5) is 5.69 Å². The number of hydrogen-bond acceptors (Lipinski definition) is 6. The van der Waals surface area contributed by atoms with Crippen molar-refractivity contribution in [3.8, 4) is 5.75 Å². The summed E-state index contributed by atoms with van der Waals surface area (Å²) in [4.78, 5) is 35.4. The van der Waals surface area contributed by atoms with Gasteiger partial charge >= 0.3 is 0 Å². The second-order valence-electron chi connectivity index (χ2n) is 8.30. The maximum atomic E-state index is 13.5. The lowest BCUT2D eigenvalue weighted by Crippen LogP contribution is -2.33. The van der Waals surface area contributed by atoms with E-state index >= 15 is 0 Å². The first kappa shape index (κ1) is 24.8. The third kappa shape index (κ3) is 6.01. The van der Waals surface area contributed by atoms with Gasteiger partial charge in [0, 0.05) is 11.9 Å². The first-order valence-electron chi connectivity index (χ1n) is 11.1. The number of thiophene rings is 1. The van der Waals surface area contributed by atoms with E-state index in [1.807, 2.05) is 67.8 Å². The molecule has 180 valence electrons. The van der Waals surface area contributed by atoms with Crippen LogP contribution in [-0.4, -0.2) is 41.8 Å². The molecule has 0 aliphatic carbocycles. The molecule has 0 bridgehead atoms. The SMILES string of the molecule is COc1ccc(/C=C2\N=C(SCC(=O)N(C)Cc3cccs3)N(c3cc(C)cc(C)c3)C2=O)cc1. The fourth-order valence-electron chi connectivity index (χ4n) is 3.72. The van der Waals surface area contributed by atoms with Crippen molar-refractivity contribution in [3.05, 3.63) is 87.2 Å². The maximum Gasteiger partial charge on any atom is 0.283 e. The number of anilines is 1. The third-order valence-electron chi connectivity index (χ3n) is 5.44. The largest absolute Gasteiger partial charge is 0.497 e. The van der Waals surface area contributed by atoms with Crippen molar-refractivity contribution in [1.82, 2.24) is 4.90 Å². The molecule has 4 rings (SSSR count). The number of thioether (sulfide) groups is 1. The first-order chi connectivity index (χ1) is 16.8. The minimum Gasteiger partial charge on any atom is -0.497 e. The quantitative estimate of drug-likeness (QED) is 0.397. The third-order valence-corrected chi connectivity index (χ3v) is 7.22. The minimum atomic E-state index is -0.215. The topological polar surface area (TPSA) is 62.2 Å². The van der Waals surface area contributed by atoms with Crippen LogP contribution in [0.25, 0.3) is 6.08 Å². The Bertz CT molecular complexity index is 1260. The van der Waals surface area contributed by atoms with E-state index in [9.17, 15) is 9.59 Å². The summed E-state index contributed by atoms with van der Waals surface area (Å²) in [5.74, 6) is 0.691. The predicted molar refractivity (Wildman–Crippen MR) is 145 cm³/mol. The second kappa shape index (κ2) is 10.9. The molecule has 6 nitrogen and oxygen atoms in total. The number of amides is 2. The van der Waals surface area contributed by atoms with Crippen LogP contribution in [-0.2, 0) is 16.1 Å². The molecule has 1 aliphatic rings. The summed E-state index contributed by atoms with van der Waals surface area (Å²) in [6, 6.07) is 17.4. The molecule has 35 heavy (non-hydrogen) atoms. The van der Waals surface area contributed by atoms with E-state index in [-0.39, 0.29) is 17.6 Å². The molecule has 0 atom stereocenters. The van der Waals surface area contributed by atoms with E-state index in [4.69, 9.17) is 4.74 Å². The average molecular weight is 506 g/mol. The van der Waals surface area contributed by atoms with E-state index in [1.165, 1.54) is 11.8 Å². The molecule has 2 heterocycles. The van der Waals surface area contributed by atoms with E-state index in [0.29, 0.717) is 17.4 Å². The van der Waals surface area contributed by atoms with Crippen LogP contribution in [0.2, 0.25) is 0 Å². The summed E-state index contributed by atoms with van der Waals surface area (Å²) in [5.41, 5.74) is 4.02. The highest BCUT2D eigenvalue weighted by atomic mass is 32.2. The van der Waals surface area contributed by atoms with Crippen molar-refractivity contribution in [2.45, 2.75) is 20.4 Å². The summed E-state index contributed by atoms with van der Waals surface area (Å²) in [6.45, 7) is 4.56. The fraction of sp³-hybridized carbons (Fsp3) is 0.222. The number of rotatable bonds is 7. The van der Waals surface area contributed by atoms with Gasteiger partial charge in [-0.05, 0) is 72.3 Å². The van der Waals surface area contributed by atoms with Gasteiger partial charge in [0.2, 0.25) is 5.91 Å². The number of amidine groups is 1. The lowest BCUT2D eigenvalue weighted by Gasteiger charge is -2.20. The summed E-state index contributed by atoms with van der Waals surface area (Å²) in [6.07, 6.45) is 1.76. The van der Waals surface area contributed by atoms with Crippen molar-refractivity contribution in [2.75, 3.05) is 24.8 Å². The van der Waals surface area contributed by atoms with E-state index in [2.05, 4.69) is 11.1 Å². The first-order valence-corrected chi connectivity index (χ1v) is 13.0. The van der Waals surface area contributed by atoms with Gasteiger partial charge in [0.1, 0.15) is 11.4 Å². The number of carbonyl (C=O) groups is 2. The molecular formula is C27H27N3O3S2. The normalized spacial score (nSPS) is 14.4. The number of aliphatic imine (C=N–C) groups is 1. The molecule has 8 heteroatoms. The zero-order valence-corrected chi connectivity index (χ0v) is 21.8. The lowest BCUT2D eigenvalue weighted by atomic mass is 10.1. The van der Waals surface area contributed by atoms with Crippen LogP contribution in [0.15, 0.2) is 70.7 Å². The highest BCUT2D eigenvalue weighted by Crippen LogP contribution is 2.31. The van der Waals surface area contributed by atoms with Gasteiger partial charge in [-0.15, -0.1) is 11.3 Å². The van der Waals surface area contributed by atoms with Gasteiger partial charge in [0.05, 0.1) is 25.1 Å². The zero-order valence-electron chi connectivity index (χ0n) is 20.1. The molecule has 3 aromatic rings. The van der Waals surface area contributed by atoms with Crippen molar-refractivity contribution in [1.29, 1.82) is 0 Å². The molecule has 0 spiro atoms. The van der Waals surface area contributed by atoms with Crippen LogP contribution >= 0.6 is 23.1 Å². The number of nitrogens with zero attached hydrogens (tertiary/aromatic N) is 3. The molecule has 0 saturated heterocycles. The predicted octanol–water partition coefficient (Wildman–Crippen LogP) is 5.51. The summed E-state index contributed by atoms with van der Waals surface area (Å²) in [5, 5.41) is 2.50. The van der Waals surface area contributed by atoms with Crippen molar-refractivity contribution < 1.29 is 14.3 Å². The van der Waals surface area contributed by atoms with Gasteiger partial charge in [-0.1, -0.05) is 36.0 Å². The highest BCUT2D eigenvalue weighted by Gasteiger charge is 2.33. The Balaban J connectivity index is 1.58. The van der Waals surface area contributed by atoms with Crippen LogP contribution in [0, 0.1) is 13.8 Å². The number of methoxy groups -OCH3 is 1. The van der Waals surface area contributed by atoms with E-state index in [0.717, 1.165) is 33.0 Å². The maximum absolute atomic E-state index is 13.5. The van der Waals surface area contributed by atoms with Crippen molar-refractivity contribution in [3.63, 3.8) is 0 Å². The van der Waals surface area contributed by atoms with E-state index < -0.39 is 0 Å². The summed E-state index contributed by atoms with van der Waals surface area (Å²) in [7, 11) is 3.41. The van der Waals surface area contributed by atoms with Gasteiger partial charge in [-0.3, -0.25) is 14.5 Å². The molecule has 0 unspecified atom stereocenters. The molecule has 1 aliphatic heterocycles. The minimum absolute atomic E-state index is 0.0218. The summed E-state index contributed by atoms with van der Waals surface area (Å²) < 4.78 is 5.22. The van der Waals surface area contributed by atoms with Crippen LogP contribution < -0.4 is 9.64 Å². The standard InChI is InChI=1S/C27H27N3O3S2/c1-18-12-19(2)14-21(13-18)30-26(32)24(15-20-7-9-22(33-4)10-8-20)28-27(30)35-17-25(31)29(3)16-23-6-5-11-34-23/h5-15H,16-17H2,1-4H3/b24-15-. The molecule has 1 aromatic heterocycles. The van der Waals surface area contributed by atoms with Crippen molar-refractivity contribution in [2.24, 2.45) is 4.99 Å².